The van der Waals surface area contributed by atoms with Gasteiger partial charge >= 0.3 is 129 Å². The Morgan fingerprint density at radius 2 is 1.06 bits per heavy atom. The molecule has 0 saturated heterocycles. The SMILES string of the molecule is CN(C)C1=CC[N]([Al]([CH3])[CH3])C=C1.C[C](C)(C)[Ga]([C](C)(C)C)[C](C)(C)C.C[Si](C)C.C[Si](C)C.[SbH]. The van der Waals surface area contributed by atoms with Crippen LogP contribution in [0.4, 0.5) is 0 Å². The van der Waals surface area contributed by atoms with Crippen LogP contribution in [-0.4, -0.2) is 102 Å². The van der Waals surface area contributed by atoms with Gasteiger partial charge < -0.3 is 8.78 Å². The Labute approximate surface area is 249 Å². The Balaban J connectivity index is -0.000000198. The van der Waals surface area contributed by atoms with Crippen LogP contribution in [0.15, 0.2) is 24.0 Å². The van der Waals surface area contributed by atoms with Gasteiger partial charge in [-0.25, -0.2) is 0 Å². The maximum atomic E-state index is 2.45. The molecule has 0 aliphatic carbocycles. The van der Waals surface area contributed by atoms with Gasteiger partial charge in [0.25, 0.3) is 0 Å². The summed E-state index contributed by atoms with van der Waals surface area (Å²) >= 11 is -1.96. The Bertz CT molecular complexity index is 514. The number of rotatable bonds is 2. The van der Waals surface area contributed by atoms with Gasteiger partial charge in [0.2, 0.25) is 0 Å². The van der Waals surface area contributed by atoms with E-state index in [2.05, 4.69) is 154 Å². The van der Waals surface area contributed by atoms with E-state index in [-0.39, 0.29) is 42.0 Å². The van der Waals surface area contributed by atoms with Crippen molar-refractivity contribution in [3.8, 4) is 0 Å². The minimum atomic E-state index is -1.33. The summed E-state index contributed by atoms with van der Waals surface area (Å²) in [5, 5.41) is 0. The van der Waals surface area contributed by atoms with Gasteiger partial charge in [-0.1, -0.05) is 50.9 Å². The molecule has 0 aromatic heterocycles. The van der Waals surface area contributed by atoms with Crippen molar-refractivity contribution >= 4 is 72.6 Å². The molecule has 0 aromatic carbocycles. The average Bonchev–Trinajstić information content (AvgIpc) is 2.49. The fourth-order valence-electron chi connectivity index (χ4n) is 5.11. The van der Waals surface area contributed by atoms with Crippen molar-refractivity contribution in [1.82, 2.24) is 8.78 Å². The van der Waals surface area contributed by atoms with Gasteiger partial charge in [0.05, 0.1) is 0 Å². The zero-order valence-corrected chi connectivity index (χ0v) is 35.4. The van der Waals surface area contributed by atoms with Crippen LogP contribution in [0.1, 0.15) is 62.3 Å². The van der Waals surface area contributed by atoms with Gasteiger partial charge in [0, 0.05) is 43.9 Å². The molecule has 0 unspecified atom stereocenters. The molecule has 0 N–H and O–H groups in total. The molecule has 1 heterocycles. The quantitative estimate of drug-likeness (QED) is 0.269. The number of hydrogen-bond acceptors (Lipinski definition) is 2. The predicted octanol–water partition coefficient (Wildman–Crippen LogP) is 8.49. The summed E-state index contributed by atoms with van der Waals surface area (Å²) in [6, 6.07) is 0. The maximum absolute atomic E-state index is 2.45. The second kappa shape index (κ2) is 19.6. The molecule has 1 aliphatic heterocycles. The van der Waals surface area contributed by atoms with E-state index in [4.69, 9.17) is 0 Å². The fourth-order valence-corrected chi connectivity index (χ4v) is 22.4. The van der Waals surface area contributed by atoms with Crippen molar-refractivity contribution in [3.05, 3.63) is 24.0 Å². The standard InChI is InChI=1S/C7H11N2.3C4H9.2C3H9Si.2CH3.Al.Ga.Sb.H/c1-9(2)7-3-5-8-6-4-7;5*1-4(2)3;;;;;;/h3-5H,6H2,1-2H3;5*1-3H3;2*1H3;;;;/q-1;;;;;;;;+1;;;. The topological polar surface area (TPSA) is 6.48 Å². The Morgan fingerprint density at radius 1 is 0.765 bits per heavy atom. The first kappa shape index (κ1) is 42.6. The van der Waals surface area contributed by atoms with E-state index in [1.165, 1.54) is 5.70 Å². The predicted molar refractivity (Wildman–Crippen MR) is 174 cm³/mol. The van der Waals surface area contributed by atoms with Gasteiger partial charge in [0.1, 0.15) is 0 Å². The Kier molecular flexibility index (Phi) is 24.5. The van der Waals surface area contributed by atoms with E-state index in [0.717, 1.165) is 6.54 Å². The molecule has 2 nitrogen and oxygen atoms in total. The van der Waals surface area contributed by atoms with Crippen molar-refractivity contribution < 1.29 is 0 Å². The monoisotopic (exact) mass is 688 g/mol. The summed E-state index contributed by atoms with van der Waals surface area (Å²) < 4.78 is 4.17. The molecular formula is C27H63AlGaN2SbSi2. The molecule has 0 fully saturated rings. The molecule has 7 heteroatoms. The summed E-state index contributed by atoms with van der Waals surface area (Å²) in [5.74, 6) is 4.69. The van der Waals surface area contributed by atoms with E-state index in [1.54, 1.807) is 0 Å². The fraction of sp³-hybridized carbons (Fsp3) is 0.852. The summed E-state index contributed by atoms with van der Waals surface area (Å²) in [7, 11) is 4.40. The van der Waals surface area contributed by atoms with Crippen LogP contribution in [0.25, 0.3) is 0 Å². The molecule has 0 spiro atoms. The summed E-state index contributed by atoms with van der Waals surface area (Å²) in [6.07, 6.45) is 6.70. The normalized spacial score (nSPS) is 13.3. The van der Waals surface area contributed by atoms with E-state index in [1.807, 2.05) is 0 Å². The second-order valence-corrected chi connectivity index (χ2v) is 35.7. The van der Waals surface area contributed by atoms with Crippen molar-refractivity contribution in [2.75, 3.05) is 20.6 Å². The Hall–Kier alpha value is 1.50. The van der Waals surface area contributed by atoms with Crippen molar-refractivity contribution in [1.29, 1.82) is 0 Å². The number of nitrogens with zero attached hydrogens (tertiary/aromatic N) is 2. The van der Waals surface area contributed by atoms with Crippen molar-refractivity contribution in [2.24, 2.45) is 0 Å². The van der Waals surface area contributed by atoms with Crippen LogP contribution in [-0.2, 0) is 0 Å². The molecule has 0 atom stereocenters. The van der Waals surface area contributed by atoms with Crippen LogP contribution in [0.5, 0.6) is 0 Å². The first-order valence-corrected chi connectivity index (χ1v) is 25.3. The zero-order chi connectivity index (χ0) is 27.4. The van der Waals surface area contributed by atoms with Crippen LogP contribution in [0, 0.1) is 0 Å². The summed E-state index contributed by atoms with van der Waals surface area (Å²) in [5.41, 5.74) is 1.32. The molecule has 1 rings (SSSR count). The van der Waals surface area contributed by atoms with E-state index < -0.39 is 30.6 Å². The number of likely N-dealkylation sites (N-methyl/N-ethyl adjacent to an activating group) is 1. The van der Waals surface area contributed by atoms with Gasteiger partial charge in [-0.15, -0.1) is 0 Å². The van der Waals surface area contributed by atoms with Crippen LogP contribution in [0.2, 0.25) is 62.8 Å². The van der Waals surface area contributed by atoms with E-state index in [9.17, 15) is 0 Å². The van der Waals surface area contributed by atoms with Crippen LogP contribution in [0.3, 0.4) is 0 Å². The van der Waals surface area contributed by atoms with Crippen molar-refractivity contribution in [3.63, 3.8) is 0 Å². The molecule has 0 aromatic rings. The number of allylic oxidation sites excluding steroid dienone is 1. The summed E-state index contributed by atoms with van der Waals surface area (Å²) in [4.78, 5) is 2.15. The van der Waals surface area contributed by atoms with Gasteiger partial charge in [-0.3, -0.25) is 0 Å². The van der Waals surface area contributed by atoms with E-state index in [0.29, 0.717) is 11.9 Å². The third-order valence-corrected chi connectivity index (χ3v) is 17.3. The van der Waals surface area contributed by atoms with Crippen LogP contribution >= 0.6 is 0 Å². The third kappa shape index (κ3) is 25.2. The van der Waals surface area contributed by atoms with Gasteiger partial charge in [-0.2, -0.15) is 0 Å². The second-order valence-electron chi connectivity index (χ2n) is 14.2. The van der Waals surface area contributed by atoms with Crippen molar-refractivity contribution in [2.45, 2.75) is 125 Å². The Morgan fingerprint density at radius 3 is 1.18 bits per heavy atom. The van der Waals surface area contributed by atoms with Crippen LogP contribution < -0.4 is 0 Å². The third-order valence-electron chi connectivity index (χ3n) is 4.73. The molecule has 0 amide bonds. The first-order chi connectivity index (χ1) is 14.4. The van der Waals surface area contributed by atoms with E-state index >= 15 is 0 Å². The molecular weight excluding hydrogens is 627 g/mol. The molecule has 34 heavy (non-hydrogen) atoms. The summed E-state index contributed by atoms with van der Waals surface area (Å²) in [6.45, 7) is 36.7. The first-order valence-electron chi connectivity index (χ1n) is 12.8. The number of hydrogen-bond donors (Lipinski definition) is 0. The molecule has 1 aliphatic rings. The molecule has 4 radical (unpaired) electrons. The average molecular weight is 690 g/mol. The van der Waals surface area contributed by atoms with Gasteiger partial charge in [0.15, 0.2) is 0 Å². The molecule has 0 bridgehead atoms. The minimum absolute atomic E-state index is 0. The molecule has 0 saturated carbocycles. The molecule has 200 valence electrons. The van der Waals surface area contributed by atoms with Gasteiger partial charge in [-0.05, 0) is 18.4 Å². The zero-order valence-electron chi connectivity index (χ0n) is 27.0.